The summed E-state index contributed by atoms with van der Waals surface area (Å²) in [5.41, 5.74) is 0.866. The monoisotopic (exact) mass is 278 g/mol. The summed E-state index contributed by atoms with van der Waals surface area (Å²) in [5, 5.41) is 19.3. The number of phenolic OH excluding ortho intramolecular Hbond substituents is 1. The molecule has 0 radical (unpaired) electrons. The Morgan fingerprint density at radius 1 is 1.05 bits per heavy atom. The second-order valence-corrected chi connectivity index (χ2v) is 4.61. The first-order valence-electron chi connectivity index (χ1n) is 5.98. The molecule has 2 aromatic rings. The minimum atomic E-state index is -0.178. The summed E-state index contributed by atoms with van der Waals surface area (Å²) in [6.07, 6.45) is 0. The molecule has 1 unspecified atom stereocenters. The average Bonchev–Trinajstić information content (AvgIpc) is 2.43. The quantitative estimate of drug-likeness (QED) is 0.883. The Kier molecular flexibility index (Phi) is 4.66. The molecule has 0 bridgehead atoms. The van der Waals surface area contributed by atoms with Crippen LogP contribution < -0.4 is 4.74 Å². The van der Waals surface area contributed by atoms with Crippen molar-refractivity contribution in [2.45, 2.75) is 5.92 Å². The summed E-state index contributed by atoms with van der Waals surface area (Å²) in [4.78, 5) is 0. The molecule has 0 aromatic heterocycles. The number of hydrogen-bond acceptors (Lipinski definition) is 3. The molecule has 2 N–H and O–H groups in total. The molecule has 0 fully saturated rings. The first-order valence-corrected chi connectivity index (χ1v) is 6.35. The number of ether oxygens (including phenoxy) is 1. The van der Waals surface area contributed by atoms with Gasteiger partial charge in [0.25, 0.3) is 0 Å². The molecule has 0 aliphatic heterocycles. The SMILES string of the molecule is OCC(COc1ccc(O)cc1)c1ccccc1Cl. The topological polar surface area (TPSA) is 49.7 Å². The van der Waals surface area contributed by atoms with Crippen LogP contribution in [-0.2, 0) is 0 Å². The molecule has 0 aliphatic carbocycles. The van der Waals surface area contributed by atoms with Gasteiger partial charge in [-0.3, -0.25) is 0 Å². The van der Waals surface area contributed by atoms with Crippen molar-refractivity contribution in [3.63, 3.8) is 0 Å². The van der Waals surface area contributed by atoms with E-state index in [0.29, 0.717) is 17.4 Å². The maximum absolute atomic E-state index is 9.45. The molecule has 19 heavy (non-hydrogen) atoms. The third-order valence-corrected chi connectivity index (χ3v) is 3.20. The van der Waals surface area contributed by atoms with E-state index in [0.717, 1.165) is 5.56 Å². The number of phenols is 1. The predicted molar refractivity (Wildman–Crippen MR) is 74.9 cm³/mol. The van der Waals surface area contributed by atoms with Gasteiger partial charge in [-0.1, -0.05) is 29.8 Å². The molecule has 100 valence electrons. The second kappa shape index (κ2) is 6.45. The van der Waals surface area contributed by atoms with E-state index in [4.69, 9.17) is 16.3 Å². The standard InChI is InChI=1S/C15H15ClO3/c16-15-4-2-1-3-14(15)11(9-17)10-19-13-7-5-12(18)6-8-13/h1-8,11,17-18H,9-10H2. The van der Waals surface area contributed by atoms with Gasteiger partial charge in [0, 0.05) is 10.9 Å². The van der Waals surface area contributed by atoms with Crippen molar-refractivity contribution in [3.8, 4) is 11.5 Å². The summed E-state index contributed by atoms with van der Waals surface area (Å²) < 4.78 is 5.59. The fraction of sp³-hybridized carbons (Fsp3) is 0.200. The summed E-state index contributed by atoms with van der Waals surface area (Å²) in [6.45, 7) is 0.285. The lowest BCUT2D eigenvalue weighted by Gasteiger charge is -2.17. The maximum Gasteiger partial charge on any atom is 0.119 e. The number of hydrogen-bond donors (Lipinski definition) is 2. The highest BCUT2D eigenvalue weighted by molar-refractivity contribution is 6.31. The Bertz CT molecular complexity index is 525. The van der Waals surface area contributed by atoms with E-state index in [1.807, 2.05) is 18.2 Å². The number of aromatic hydroxyl groups is 1. The summed E-state index contributed by atoms with van der Waals surface area (Å²) >= 11 is 6.10. The van der Waals surface area contributed by atoms with Crippen molar-refractivity contribution in [1.82, 2.24) is 0 Å². The number of benzene rings is 2. The normalized spacial score (nSPS) is 12.1. The van der Waals surface area contributed by atoms with Crippen LogP contribution >= 0.6 is 11.6 Å². The lowest BCUT2D eigenvalue weighted by atomic mass is 10.0. The van der Waals surface area contributed by atoms with Crippen LogP contribution in [0.1, 0.15) is 11.5 Å². The Morgan fingerprint density at radius 3 is 2.37 bits per heavy atom. The highest BCUT2D eigenvalue weighted by atomic mass is 35.5. The van der Waals surface area contributed by atoms with Gasteiger partial charge in [-0.15, -0.1) is 0 Å². The van der Waals surface area contributed by atoms with E-state index in [2.05, 4.69) is 0 Å². The molecule has 3 nitrogen and oxygen atoms in total. The first kappa shape index (κ1) is 13.7. The zero-order valence-electron chi connectivity index (χ0n) is 10.3. The fourth-order valence-corrected chi connectivity index (χ4v) is 2.08. The molecule has 2 rings (SSSR count). The maximum atomic E-state index is 9.45. The van der Waals surface area contributed by atoms with Gasteiger partial charge in [0.15, 0.2) is 0 Å². The van der Waals surface area contributed by atoms with Gasteiger partial charge in [-0.05, 0) is 35.9 Å². The number of rotatable bonds is 5. The van der Waals surface area contributed by atoms with Crippen LogP contribution in [0.15, 0.2) is 48.5 Å². The number of halogens is 1. The van der Waals surface area contributed by atoms with E-state index in [1.54, 1.807) is 30.3 Å². The Labute approximate surface area is 117 Å². The third kappa shape index (κ3) is 3.63. The van der Waals surface area contributed by atoms with Crippen LogP contribution in [0.4, 0.5) is 0 Å². The lowest BCUT2D eigenvalue weighted by Crippen LogP contribution is -2.14. The molecule has 0 heterocycles. The molecule has 0 spiro atoms. The van der Waals surface area contributed by atoms with Crippen molar-refractivity contribution in [1.29, 1.82) is 0 Å². The smallest absolute Gasteiger partial charge is 0.119 e. The van der Waals surface area contributed by atoms with Crippen molar-refractivity contribution in [3.05, 3.63) is 59.1 Å². The van der Waals surface area contributed by atoms with Gasteiger partial charge in [0.1, 0.15) is 11.5 Å². The molecule has 4 heteroatoms. The molecule has 0 saturated heterocycles. The van der Waals surface area contributed by atoms with Gasteiger partial charge in [-0.25, -0.2) is 0 Å². The molecule has 0 amide bonds. The molecule has 1 atom stereocenters. The van der Waals surface area contributed by atoms with E-state index in [1.165, 1.54) is 0 Å². The summed E-state index contributed by atoms with van der Waals surface area (Å²) in [5.74, 6) is 0.656. The predicted octanol–water partition coefficient (Wildman–Crippen LogP) is 3.20. The van der Waals surface area contributed by atoms with Crippen LogP contribution in [0.3, 0.4) is 0 Å². The highest BCUT2D eigenvalue weighted by Crippen LogP contribution is 2.25. The zero-order valence-corrected chi connectivity index (χ0v) is 11.0. The van der Waals surface area contributed by atoms with E-state index >= 15 is 0 Å². The van der Waals surface area contributed by atoms with Crippen molar-refractivity contribution in [2.24, 2.45) is 0 Å². The molecular formula is C15H15ClO3. The third-order valence-electron chi connectivity index (χ3n) is 2.85. The zero-order chi connectivity index (χ0) is 13.7. The Hall–Kier alpha value is -1.71. The van der Waals surface area contributed by atoms with Crippen LogP contribution in [0, 0.1) is 0 Å². The largest absolute Gasteiger partial charge is 0.508 e. The van der Waals surface area contributed by atoms with E-state index in [-0.39, 0.29) is 18.3 Å². The Morgan fingerprint density at radius 2 is 1.74 bits per heavy atom. The van der Waals surface area contributed by atoms with Gasteiger partial charge >= 0.3 is 0 Å². The minimum absolute atomic E-state index is 0.0399. The van der Waals surface area contributed by atoms with Gasteiger partial charge < -0.3 is 14.9 Å². The molecule has 0 saturated carbocycles. The van der Waals surface area contributed by atoms with Gasteiger partial charge in [0.05, 0.1) is 13.2 Å². The lowest BCUT2D eigenvalue weighted by molar-refractivity contribution is 0.205. The average molecular weight is 279 g/mol. The van der Waals surface area contributed by atoms with Crippen molar-refractivity contribution >= 4 is 11.6 Å². The minimum Gasteiger partial charge on any atom is -0.508 e. The van der Waals surface area contributed by atoms with Crippen LogP contribution in [-0.4, -0.2) is 23.4 Å². The fourth-order valence-electron chi connectivity index (χ4n) is 1.79. The molecular weight excluding hydrogens is 264 g/mol. The first-order chi connectivity index (χ1) is 9.20. The number of aliphatic hydroxyl groups is 1. The van der Waals surface area contributed by atoms with Crippen LogP contribution in [0.5, 0.6) is 11.5 Å². The van der Waals surface area contributed by atoms with E-state index < -0.39 is 0 Å². The molecule has 0 aliphatic rings. The van der Waals surface area contributed by atoms with Crippen LogP contribution in [0.2, 0.25) is 5.02 Å². The van der Waals surface area contributed by atoms with Crippen LogP contribution in [0.25, 0.3) is 0 Å². The van der Waals surface area contributed by atoms with E-state index in [9.17, 15) is 10.2 Å². The van der Waals surface area contributed by atoms with Crippen molar-refractivity contribution in [2.75, 3.05) is 13.2 Å². The summed E-state index contributed by atoms with van der Waals surface area (Å²) in [7, 11) is 0. The Balaban J connectivity index is 2.04. The molecule has 2 aromatic carbocycles. The number of aliphatic hydroxyl groups excluding tert-OH is 1. The van der Waals surface area contributed by atoms with Gasteiger partial charge in [0.2, 0.25) is 0 Å². The second-order valence-electron chi connectivity index (χ2n) is 4.21. The summed E-state index contributed by atoms with van der Waals surface area (Å²) in [6, 6.07) is 13.9. The van der Waals surface area contributed by atoms with Crippen molar-refractivity contribution < 1.29 is 14.9 Å². The van der Waals surface area contributed by atoms with Gasteiger partial charge in [-0.2, -0.15) is 0 Å². The highest BCUT2D eigenvalue weighted by Gasteiger charge is 2.14.